The van der Waals surface area contributed by atoms with Crippen molar-refractivity contribution in [2.75, 3.05) is 0 Å². The molecular formula is C23H29F2O8-. The smallest absolute Gasteiger partial charge is 0.323 e. The number of fused-ring (bicyclic) bond motifs is 1. The monoisotopic (exact) mass is 471 g/mol. The zero-order valence-corrected chi connectivity index (χ0v) is 18.9. The molecule has 7 unspecified atom stereocenters. The van der Waals surface area contributed by atoms with Crippen LogP contribution in [0.5, 0.6) is 0 Å². The van der Waals surface area contributed by atoms with Gasteiger partial charge in [0.25, 0.3) is 0 Å². The third-order valence-corrected chi connectivity index (χ3v) is 7.62. The minimum absolute atomic E-state index is 0.302. The highest BCUT2D eigenvalue weighted by atomic mass is 19.3. The van der Waals surface area contributed by atoms with Crippen LogP contribution in [0.4, 0.5) is 8.78 Å². The number of halogens is 2. The van der Waals surface area contributed by atoms with E-state index in [9.17, 15) is 33.1 Å². The highest BCUT2D eigenvalue weighted by Gasteiger charge is 2.70. The van der Waals surface area contributed by atoms with Crippen molar-refractivity contribution in [1.82, 2.24) is 0 Å². The summed E-state index contributed by atoms with van der Waals surface area (Å²) in [6.07, 6.45) is -0.704. The highest BCUT2D eigenvalue weighted by molar-refractivity contribution is 5.87. The number of esters is 3. The van der Waals surface area contributed by atoms with Gasteiger partial charge in [-0.15, -0.1) is 0 Å². The topological polar surface area (TPSA) is 119 Å². The number of hydrogen-bond donors (Lipinski definition) is 0. The Morgan fingerprint density at radius 1 is 1.09 bits per heavy atom. The van der Waals surface area contributed by atoms with Crippen LogP contribution in [0.3, 0.4) is 0 Å². The van der Waals surface area contributed by atoms with Gasteiger partial charge >= 0.3 is 23.8 Å². The summed E-state index contributed by atoms with van der Waals surface area (Å²) in [6, 6.07) is 0. The number of ether oxygens (including phenoxy) is 3. The molecule has 0 aromatic heterocycles. The zero-order chi connectivity index (χ0) is 24.3. The Morgan fingerprint density at radius 3 is 2.30 bits per heavy atom. The Kier molecular flexibility index (Phi) is 5.93. The van der Waals surface area contributed by atoms with Gasteiger partial charge in [0.2, 0.25) is 0 Å². The van der Waals surface area contributed by atoms with E-state index < -0.39 is 77.2 Å². The van der Waals surface area contributed by atoms with Crippen LogP contribution in [0.25, 0.3) is 0 Å². The Bertz CT molecular complexity index is 844. The van der Waals surface area contributed by atoms with Gasteiger partial charge < -0.3 is 24.1 Å². The lowest BCUT2D eigenvalue weighted by Gasteiger charge is -2.37. The number of alkyl halides is 2. The summed E-state index contributed by atoms with van der Waals surface area (Å²) in [4.78, 5) is 49.4. The second-order valence-electron chi connectivity index (χ2n) is 10.8. The maximum Gasteiger partial charge on any atom is 0.323 e. The molecule has 2 bridgehead atoms. The van der Waals surface area contributed by atoms with Gasteiger partial charge in [0.05, 0.1) is 17.3 Å². The Labute approximate surface area is 190 Å². The first kappa shape index (κ1) is 23.9. The van der Waals surface area contributed by atoms with Crippen molar-refractivity contribution >= 4 is 23.9 Å². The van der Waals surface area contributed by atoms with Crippen LogP contribution in [0.1, 0.15) is 59.3 Å². The van der Waals surface area contributed by atoms with E-state index in [1.807, 2.05) is 0 Å². The Morgan fingerprint density at radius 2 is 1.73 bits per heavy atom. The second kappa shape index (κ2) is 8.20. The van der Waals surface area contributed by atoms with E-state index in [1.165, 1.54) is 0 Å². The predicted octanol–water partition coefficient (Wildman–Crippen LogP) is 1.63. The molecule has 4 rings (SSSR count). The van der Waals surface area contributed by atoms with Crippen LogP contribution in [-0.4, -0.2) is 48.1 Å². The molecule has 3 aliphatic carbocycles. The average molecular weight is 471 g/mol. The molecule has 0 aromatic carbocycles. The van der Waals surface area contributed by atoms with E-state index in [0.717, 1.165) is 6.42 Å². The third-order valence-electron chi connectivity index (χ3n) is 7.62. The second-order valence-corrected chi connectivity index (χ2v) is 10.8. The third kappa shape index (κ3) is 3.99. The minimum Gasteiger partial charge on any atom is -0.544 e. The largest absolute Gasteiger partial charge is 0.544 e. The fourth-order valence-corrected chi connectivity index (χ4v) is 5.99. The van der Waals surface area contributed by atoms with Crippen LogP contribution >= 0.6 is 0 Å². The van der Waals surface area contributed by atoms with Gasteiger partial charge in [0.15, 0.2) is 6.10 Å². The van der Waals surface area contributed by atoms with E-state index in [2.05, 4.69) is 0 Å². The SMILES string of the molecule is CC(C)(C)C(=O)OC1C2CC3C1OC(=O)C3C2C(=O)OC(C1CCCCC1)C(F)(F)C(=O)[O-]. The van der Waals surface area contributed by atoms with Crippen LogP contribution in [-0.2, 0) is 33.4 Å². The molecule has 0 radical (unpaired) electrons. The molecule has 184 valence electrons. The Hall–Kier alpha value is -2.26. The van der Waals surface area contributed by atoms with Gasteiger partial charge in [-0.05, 0) is 40.0 Å². The van der Waals surface area contributed by atoms with Gasteiger partial charge in [-0.25, -0.2) is 0 Å². The van der Waals surface area contributed by atoms with Crippen molar-refractivity contribution in [1.29, 1.82) is 0 Å². The summed E-state index contributed by atoms with van der Waals surface area (Å²) < 4.78 is 45.4. The van der Waals surface area contributed by atoms with Crippen LogP contribution in [0.15, 0.2) is 0 Å². The average Bonchev–Trinajstić information content (AvgIpc) is 3.35. The maximum atomic E-state index is 14.6. The molecule has 0 N–H and O–H groups in total. The molecule has 1 heterocycles. The van der Waals surface area contributed by atoms with E-state index in [1.54, 1.807) is 20.8 Å². The first-order chi connectivity index (χ1) is 15.3. The molecule has 0 aromatic rings. The van der Waals surface area contributed by atoms with Crippen LogP contribution < -0.4 is 5.11 Å². The van der Waals surface area contributed by atoms with E-state index in [0.29, 0.717) is 32.1 Å². The van der Waals surface area contributed by atoms with Crippen molar-refractivity contribution in [3.8, 4) is 0 Å². The number of carbonyl (C=O) groups excluding carboxylic acids is 4. The lowest BCUT2D eigenvalue weighted by Crippen LogP contribution is -2.55. The quantitative estimate of drug-likeness (QED) is 0.424. The molecule has 4 fully saturated rings. The zero-order valence-electron chi connectivity index (χ0n) is 18.9. The highest BCUT2D eigenvalue weighted by Crippen LogP contribution is 2.59. The molecule has 3 saturated carbocycles. The summed E-state index contributed by atoms with van der Waals surface area (Å²) in [5, 5.41) is 11.2. The minimum atomic E-state index is -4.37. The molecule has 0 amide bonds. The van der Waals surface area contributed by atoms with Gasteiger partial charge in [-0.1, -0.05) is 19.3 Å². The van der Waals surface area contributed by atoms with Gasteiger partial charge in [-0.3, -0.25) is 14.4 Å². The fraction of sp³-hybridized carbons (Fsp3) is 0.826. The Balaban J connectivity index is 1.58. The van der Waals surface area contributed by atoms with E-state index >= 15 is 0 Å². The normalized spacial score (nSPS) is 34.6. The van der Waals surface area contributed by atoms with Gasteiger partial charge in [-0.2, -0.15) is 8.78 Å². The first-order valence-electron chi connectivity index (χ1n) is 11.6. The summed E-state index contributed by atoms with van der Waals surface area (Å²) in [5.74, 6) is -13.1. The molecule has 10 heteroatoms. The number of carboxylic acid groups (broad SMARTS) is 1. The number of hydrogen-bond acceptors (Lipinski definition) is 8. The molecule has 0 spiro atoms. The van der Waals surface area contributed by atoms with Gasteiger partial charge in [0, 0.05) is 17.8 Å². The van der Waals surface area contributed by atoms with Crippen molar-refractivity contribution in [3.63, 3.8) is 0 Å². The maximum absolute atomic E-state index is 14.6. The molecule has 7 atom stereocenters. The lowest BCUT2D eigenvalue weighted by molar-refractivity contribution is -0.338. The summed E-state index contributed by atoms with van der Waals surface area (Å²) >= 11 is 0. The summed E-state index contributed by atoms with van der Waals surface area (Å²) in [5.41, 5.74) is -0.831. The standard InChI is InChI=1S/C23H30F2O8/c1-22(2,3)21(30)32-16-12-9-11-13(18(26)31-15(11)16)14(12)19(27)33-17(23(24,25)20(28)29)10-7-5-4-6-8-10/h10-17H,4-9H2,1-3H3,(H,28,29)/p-1. The number of carbonyl (C=O) groups is 4. The molecular weight excluding hydrogens is 442 g/mol. The number of rotatable bonds is 6. The van der Waals surface area contributed by atoms with Crippen molar-refractivity contribution in [3.05, 3.63) is 0 Å². The van der Waals surface area contributed by atoms with E-state index in [-0.39, 0.29) is 5.92 Å². The summed E-state index contributed by atoms with van der Waals surface area (Å²) in [7, 11) is 0. The lowest BCUT2D eigenvalue weighted by atomic mass is 9.78. The van der Waals surface area contributed by atoms with Crippen LogP contribution in [0.2, 0.25) is 0 Å². The predicted molar refractivity (Wildman–Crippen MR) is 104 cm³/mol. The van der Waals surface area contributed by atoms with Crippen molar-refractivity contribution in [2.24, 2.45) is 35.0 Å². The van der Waals surface area contributed by atoms with E-state index in [4.69, 9.17) is 14.2 Å². The molecule has 8 nitrogen and oxygen atoms in total. The molecule has 33 heavy (non-hydrogen) atoms. The molecule has 4 aliphatic rings. The van der Waals surface area contributed by atoms with Crippen molar-refractivity contribution in [2.45, 2.75) is 83.5 Å². The van der Waals surface area contributed by atoms with Crippen LogP contribution in [0, 0.1) is 35.0 Å². The fourth-order valence-electron chi connectivity index (χ4n) is 5.99. The summed E-state index contributed by atoms with van der Waals surface area (Å²) in [6.45, 7) is 4.98. The van der Waals surface area contributed by atoms with Gasteiger partial charge in [0.1, 0.15) is 18.2 Å². The number of carboxylic acids is 1. The number of aliphatic carboxylic acids is 1. The molecule has 1 aliphatic heterocycles. The first-order valence-corrected chi connectivity index (χ1v) is 11.6. The van der Waals surface area contributed by atoms with Crippen molar-refractivity contribution < 1.29 is 47.3 Å². The molecule has 1 saturated heterocycles.